The fraction of sp³-hybridized carbons (Fsp3) is 0.400. The maximum Gasteiger partial charge on any atom is 0.284 e. The molecular formula is C20H24N4O4S. The van der Waals surface area contributed by atoms with Gasteiger partial charge in [0, 0.05) is 28.7 Å². The van der Waals surface area contributed by atoms with Crippen LogP contribution in [-0.4, -0.2) is 40.0 Å². The molecule has 9 heteroatoms. The van der Waals surface area contributed by atoms with Gasteiger partial charge in [0.1, 0.15) is 0 Å². The SMILES string of the molecule is CCOc1cc(-c2nnc(Sc3nc(C)cc(C)n3)o2)cc(OCC)c1OCC. The van der Waals surface area contributed by atoms with Gasteiger partial charge < -0.3 is 18.6 Å². The molecule has 0 fully saturated rings. The molecule has 8 nitrogen and oxygen atoms in total. The van der Waals surface area contributed by atoms with Gasteiger partial charge in [-0.05, 0) is 52.8 Å². The van der Waals surface area contributed by atoms with Crippen LogP contribution in [0.25, 0.3) is 11.5 Å². The quantitative estimate of drug-likeness (QED) is 0.468. The van der Waals surface area contributed by atoms with Crippen LogP contribution < -0.4 is 14.2 Å². The average Bonchev–Trinajstić information content (AvgIpc) is 3.12. The smallest absolute Gasteiger partial charge is 0.284 e. The van der Waals surface area contributed by atoms with E-state index in [4.69, 9.17) is 18.6 Å². The van der Waals surface area contributed by atoms with Gasteiger partial charge in [0.05, 0.1) is 19.8 Å². The first-order valence-corrected chi connectivity index (χ1v) is 10.3. The average molecular weight is 417 g/mol. The standard InChI is InChI=1S/C20H24N4O4S/c1-6-25-15-10-14(11-16(26-7-2)17(15)27-8-3)18-23-24-20(28-18)29-19-21-12(4)9-13(5)22-19/h9-11H,6-8H2,1-5H3. The number of aryl methyl sites for hydroxylation is 2. The largest absolute Gasteiger partial charge is 0.490 e. The lowest BCUT2D eigenvalue weighted by atomic mass is 10.2. The Morgan fingerprint density at radius 3 is 1.97 bits per heavy atom. The summed E-state index contributed by atoms with van der Waals surface area (Å²) in [7, 11) is 0. The molecule has 1 aromatic carbocycles. The number of aromatic nitrogens is 4. The fourth-order valence-corrected chi connectivity index (χ4v) is 3.43. The highest BCUT2D eigenvalue weighted by Crippen LogP contribution is 2.42. The topological polar surface area (TPSA) is 92.4 Å². The van der Waals surface area contributed by atoms with Crippen molar-refractivity contribution in [3.8, 4) is 28.7 Å². The van der Waals surface area contributed by atoms with E-state index in [0.717, 1.165) is 11.4 Å². The van der Waals surface area contributed by atoms with Crippen LogP contribution >= 0.6 is 11.8 Å². The lowest BCUT2D eigenvalue weighted by Gasteiger charge is -2.16. The Hall–Kier alpha value is -2.81. The Morgan fingerprint density at radius 1 is 0.828 bits per heavy atom. The van der Waals surface area contributed by atoms with E-state index >= 15 is 0 Å². The molecule has 2 aromatic heterocycles. The second kappa shape index (κ2) is 9.60. The van der Waals surface area contributed by atoms with Gasteiger partial charge in [-0.3, -0.25) is 0 Å². The summed E-state index contributed by atoms with van der Waals surface area (Å²) in [6, 6.07) is 5.53. The van der Waals surface area contributed by atoms with Crippen LogP contribution in [-0.2, 0) is 0 Å². The fourth-order valence-electron chi connectivity index (χ4n) is 2.70. The van der Waals surface area contributed by atoms with Gasteiger partial charge in [-0.25, -0.2) is 9.97 Å². The van der Waals surface area contributed by atoms with E-state index in [1.165, 1.54) is 11.8 Å². The molecule has 2 heterocycles. The molecule has 0 aliphatic carbocycles. The molecule has 3 aromatic rings. The van der Waals surface area contributed by atoms with Crippen molar-refractivity contribution in [2.45, 2.75) is 45.0 Å². The summed E-state index contributed by atoms with van der Waals surface area (Å²) in [5.41, 5.74) is 2.45. The van der Waals surface area contributed by atoms with Gasteiger partial charge in [-0.15, -0.1) is 10.2 Å². The summed E-state index contributed by atoms with van der Waals surface area (Å²) < 4.78 is 23.1. The first kappa shape index (κ1) is 20.9. The van der Waals surface area contributed by atoms with Gasteiger partial charge in [0.15, 0.2) is 16.7 Å². The van der Waals surface area contributed by atoms with E-state index in [1.54, 1.807) is 0 Å². The summed E-state index contributed by atoms with van der Waals surface area (Å²) in [6.45, 7) is 11.0. The number of hydrogen-bond donors (Lipinski definition) is 0. The van der Waals surface area contributed by atoms with Crippen molar-refractivity contribution < 1.29 is 18.6 Å². The van der Waals surface area contributed by atoms with Gasteiger partial charge >= 0.3 is 0 Å². The molecule has 154 valence electrons. The lowest BCUT2D eigenvalue weighted by molar-refractivity contribution is 0.261. The van der Waals surface area contributed by atoms with Crippen LogP contribution in [0.3, 0.4) is 0 Å². The molecule has 0 spiro atoms. The highest BCUT2D eigenvalue weighted by Gasteiger charge is 2.19. The van der Waals surface area contributed by atoms with Crippen molar-refractivity contribution in [1.82, 2.24) is 20.2 Å². The minimum absolute atomic E-state index is 0.349. The zero-order chi connectivity index (χ0) is 20.8. The van der Waals surface area contributed by atoms with E-state index in [-0.39, 0.29) is 0 Å². The summed E-state index contributed by atoms with van der Waals surface area (Å²) in [6.07, 6.45) is 0. The normalized spacial score (nSPS) is 10.8. The van der Waals surface area contributed by atoms with E-state index in [0.29, 0.717) is 58.9 Å². The monoisotopic (exact) mass is 416 g/mol. The number of ether oxygens (including phenoxy) is 3. The molecule has 3 rings (SSSR count). The van der Waals surface area contributed by atoms with Gasteiger partial charge in [-0.1, -0.05) is 0 Å². The third-order valence-electron chi connectivity index (χ3n) is 3.70. The van der Waals surface area contributed by atoms with Crippen LogP contribution in [0.4, 0.5) is 0 Å². The van der Waals surface area contributed by atoms with Crippen molar-refractivity contribution in [3.63, 3.8) is 0 Å². The van der Waals surface area contributed by atoms with E-state index in [2.05, 4.69) is 20.2 Å². The summed E-state index contributed by atoms with van der Waals surface area (Å²) >= 11 is 1.22. The number of hydrogen-bond acceptors (Lipinski definition) is 9. The molecule has 0 atom stereocenters. The van der Waals surface area contributed by atoms with E-state index in [1.807, 2.05) is 52.8 Å². The predicted molar refractivity (Wildman–Crippen MR) is 109 cm³/mol. The molecular weight excluding hydrogens is 392 g/mol. The molecule has 0 N–H and O–H groups in total. The first-order chi connectivity index (χ1) is 14.0. The van der Waals surface area contributed by atoms with Crippen LogP contribution in [0.5, 0.6) is 17.2 Å². The highest BCUT2D eigenvalue weighted by atomic mass is 32.2. The Labute approximate surface area is 174 Å². The van der Waals surface area contributed by atoms with Crippen LogP contribution in [0.2, 0.25) is 0 Å². The molecule has 0 saturated carbocycles. The number of rotatable bonds is 9. The molecule has 29 heavy (non-hydrogen) atoms. The van der Waals surface area contributed by atoms with Gasteiger partial charge in [-0.2, -0.15) is 0 Å². The van der Waals surface area contributed by atoms with Crippen molar-refractivity contribution in [3.05, 3.63) is 29.6 Å². The molecule has 0 bridgehead atoms. The number of benzene rings is 1. The highest BCUT2D eigenvalue weighted by molar-refractivity contribution is 7.98. The Morgan fingerprint density at radius 2 is 1.41 bits per heavy atom. The third kappa shape index (κ3) is 5.17. The van der Waals surface area contributed by atoms with Crippen LogP contribution in [0.1, 0.15) is 32.2 Å². The van der Waals surface area contributed by atoms with Crippen molar-refractivity contribution >= 4 is 11.8 Å². The van der Waals surface area contributed by atoms with E-state index < -0.39 is 0 Å². The van der Waals surface area contributed by atoms with Crippen molar-refractivity contribution in [2.75, 3.05) is 19.8 Å². The Kier molecular flexibility index (Phi) is 6.92. The summed E-state index contributed by atoms with van der Waals surface area (Å²) in [5, 5.41) is 9.19. The molecule has 0 saturated heterocycles. The van der Waals surface area contributed by atoms with Gasteiger partial charge in [0.25, 0.3) is 5.22 Å². The molecule has 0 unspecified atom stereocenters. The van der Waals surface area contributed by atoms with Crippen molar-refractivity contribution in [1.29, 1.82) is 0 Å². The predicted octanol–water partition coefficient (Wildman–Crippen LogP) is 4.49. The second-order valence-corrected chi connectivity index (χ2v) is 6.93. The minimum Gasteiger partial charge on any atom is -0.490 e. The Bertz CT molecular complexity index is 930. The maximum absolute atomic E-state index is 5.83. The zero-order valence-corrected chi connectivity index (χ0v) is 18.0. The second-order valence-electron chi connectivity index (χ2n) is 6.01. The lowest BCUT2D eigenvalue weighted by Crippen LogP contribution is -2.03. The number of nitrogens with zero attached hydrogens (tertiary/aromatic N) is 4. The molecule has 0 amide bonds. The van der Waals surface area contributed by atoms with Crippen LogP contribution in [0.15, 0.2) is 33.0 Å². The molecule has 0 aliphatic heterocycles. The summed E-state index contributed by atoms with van der Waals surface area (Å²) in [4.78, 5) is 8.78. The minimum atomic E-state index is 0.349. The molecule has 0 radical (unpaired) electrons. The maximum atomic E-state index is 5.83. The Balaban J connectivity index is 1.93. The van der Waals surface area contributed by atoms with Crippen molar-refractivity contribution in [2.24, 2.45) is 0 Å². The van der Waals surface area contributed by atoms with Crippen LogP contribution in [0, 0.1) is 13.8 Å². The third-order valence-corrected chi connectivity index (χ3v) is 4.41. The van der Waals surface area contributed by atoms with Gasteiger partial charge in [0.2, 0.25) is 11.6 Å². The van der Waals surface area contributed by atoms with E-state index in [9.17, 15) is 0 Å². The zero-order valence-electron chi connectivity index (χ0n) is 17.2. The summed E-state index contributed by atoms with van der Waals surface area (Å²) in [5.74, 6) is 2.06. The molecule has 0 aliphatic rings. The first-order valence-electron chi connectivity index (χ1n) is 9.44.